The SMILES string of the molecule is O=S(=O)(CCn1ccnc1-c1ccc(OC(F)(F)F)cc1)N1CCOCC1. The second-order valence-electron chi connectivity index (χ2n) is 5.84. The van der Waals surface area contributed by atoms with Crippen molar-refractivity contribution in [3.8, 4) is 17.1 Å². The van der Waals surface area contributed by atoms with Crippen LogP contribution in [0.1, 0.15) is 0 Å². The van der Waals surface area contributed by atoms with E-state index < -0.39 is 16.4 Å². The second-order valence-corrected chi connectivity index (χ2v) is 7.93. The van der Waals surface area contributed by atoms with Crippen molar-refractivity contribution in [3.63, 3.8) is 0 Å². The number of halogens is 3. The zero-order valence-electron chi connectivity index (χ0n) is 14.2. The zero-order chi connectivity index (χ0) is 19.5. The van der Waals surface area contributed by atoms with Gasteiger partial charge in [0.1, 0.15) is 11.6 Å². The summed E-state index contributed by atoms with van der Waals surface area (Å²) in [6.45, 7) is 1.60. The van der Waals surface area contributed by atoms with Crippen molar-refractivity contribution in [2.75, 3.05) is 32.1 Å². The van der Waals surface area contributed by atoms with E-state index in [-0.39, 0.29) is 18.0 Å². The monoisotopic (exact) mass is 405 g/mol. The number of imidazole rings is 1. The molecule has 3 rings (SSSR count). The highest BCUT2D eigenvalue weighted by molar-refractivity contribution is 7.89. The van der Waals surface area contributed by atoms with Crippen LogP contribution in [0.4, 0.5) is 13.2 Å². The van der Waals surface area contributed by atoms with Gasteiger partial charge < -0.3 is 14.0 Å². The van der Waals surface area contributed by atoms with Gasteiger partial charge in [-0.25, -0.2) is 13.4 Å². The van der Waals surface area contributed by atoms with Crippen LogP contribution >= 0.6 is 0 Å². The van der Waals surface area contributed by atoms with E-state index in [1.807, 2.05) is 0 Å². The van der Waals surface area contributed by atoms with E-state index in [2.05, 4.69) is 9.72 Å². The summed E-state index contributed by atoms with van der Waals surface area (Å²) < 4.78 is 73.6. The van der Waals surface area contributed by atoms with Gasteiger partial charge in [0.05, 0.1) is 19.0 Å². The normalized spacial score (nSPS) is 16.4. The van der Waals surface area contributed by atoms with Gasteiger partial charge in [-0.1, -0.05) is 0 Å². The number of aryl methyl sites for hydroxylation is 1. The Kier molecular flexibility index (Phi) is 5.72. The van der Waals surface area contributed by atoms with Crippen LogP contribution in [0.15, 0.2) is 36.7 Å². The molecule has 148 valence electrons. The number of alkyl halides is 3. The van der Waals surface area contributed by atoms with Crippen LogP contribution in [0.25, 0.3) is 11.4 Å². The lowest BCUT2D eigenvalue weighted by Gasteiger charge is -2.26. The summed E-state index contributed by atoms with van der Waals surface area (Å²) in [6, 6.07) is 5.26. The van der Waals surface area contributed by atoms with Crippen LogP contribution in [0.2, 0.25) is 0 Å². The third-order valence-electron chi connectivity index (χ3n) is 4.02. The van der Waals surface area contributed by atoms with Crippen LogP contribution in [0, 0.1) is 0 Å². The number of aromatic nitrogens is 2. The highest BCUT2D eigenvalue weighted by Crippen LogP contribution is 2.26. The molecule has 0 aliphatic carbocycles. The minimum absolute atomic E-state index is 0.106. The average molecular weight is 405 g/mol. The van der Waals surface area contributed by atoms with Crippen molar-refractivity contribution < 1.29 is 31.1 Å². The van der Waals surface area contributed by atoms with E-state index in [4.69, 9.17) is 4.74 Å². The molecule has 0 amide bonds. The number of ether oxygens (including phenoxy) is 2. The molecule has 0 unspecified atom stereocenters. The summed E-state index contributed by atoms with van der Waals surface area (Å²) in [5.74, 6) is 0.0241. The second kappa shape index (κ2) is 7.87. The molecule has 2 heterocycles. The Balaban J connectivity index is 1.69. The summed E-state index contributed by atoms with van der Waals surface area (Å²) in [6.07, 6.45) is -1.62. The first-order chi connectivity index (χ1) is 12.7. The molecule has 1 aliphatic rings. The highest BCUT2D eigenvalue weighted by atomic mass is 32.2. The Morgan fingerprint density at radius 2 is 1.81 bits per heavy atom. The van der Waals surface area contributed by atoms with Crippen LogP contribution in [0.5, 0.6) is 5.75 Å². The topological polar surface area (TPSA) is 73.7 Å². The molecular formula is C16H18F3N3O4S. The molecule has 1 aromatic heterocycles. The Hall–Kier alpha value is -2.11. The van der Waals surface area contributed by atoms with E-state index >= 15 is 0 Å². The van der Waals surface area contributed by atoms with E-state index in [1.165, 1.54) is 34.8 Å². The maximum absolute atomic E-state index is 12.4. The third kappa shape index (κ3) is 5.21. The molecule has 0 spiro atoms. The molecule has 1 fully saturated rings. The number of hydrogen-bond donors (Lipinski definition) is 0. The van der Waals surface area contributed by atoms with Crippen LogP contribution in [-0.2, 0) is 21.3 Å². The Morgan fingerprint density at radius 1 is 1.15 bits per heavy atom. The standard InChI is InChI=1S/C16H18F3N3O4S/c17-16(18,19)26-14-3-1-13(2-4-14)15-20-5-6-21(15)9-12-27(23,24)22-7-10-25-11-8-22/h1-6H,7-12H2. The van der Waals surface area contributed by atoms with E-state index in [0.717, 1.165) is 0 Å². The first kappa shape index (κ1) is 19.6. The molecule has 0 atom stereocenters. The summed E-state index contributed by atoms with van der Waals surface area (Å²) in [5.41, 5.74) is 0.554. The molecule has 11 heteroatoms. The van der Waals surface area contributed by atoms with E-state index in [1.54, 1.807) is 10.8 Å². The minimum atomic E-state index is -4.76. The Labute approximate surface area is 154 Å². The van der Waals surface area contributed by atoms with Gasteiger partial charge in [-0.15, -0.1) is 13.2 Å². The molecule has 0 saturated carbocycles. The fourth-order valence-corrected chi connectivity index (χ4v) is 4.11. The van der Waals surface area contributed by atoms with Crippen molar-refractivity contribution in [2.24, 2.45) is 0 Å². The highest BCUT2D eigenvalue weighted by Gasteiger charge is 2.31. The number of rotatable bonds is 6. The maximum atomic E-state index is 12.4. The first-order valence-electron chi connectivity index (χ1n) is 8.17. The first-order valence-corrected chi connectivity index (χ1v) is 9.78. The summed E-state index contributed by atoms with van der Waals surface area (Å²) in [5, 5.41) is 0. The predicted molar refractivity (Wildman–Crippen MR) is 90.5 cm³/mol. The quantitative estimate of drug-likeness (QED) is 0.736. The summed E-state index contributed by atoms with van der Waals surface area (Å²) in [7, 11) is -3.43. The Bertz CT molecular complexity index is 860. The predicted octanol–water partition coefficient (Wildman–Crippen LogP) is 2.11. The fraction of sp³-hybridized carbons (Fsp3) is 0.438. The average Bonchev–Trinajstić information content (AvgIpc) is 3.09. The lowest BCUT2D eigenvalue weighted by molar-refractivity contribution is -0.274. The smallest absolute Gasteiger partial charge is 0.406 e. The molecule has 0 N–H and O–H groups in total. The lowest BCUT2D eigenvalue weighted by Crippen LogP contribution is -2.42. The van der Waals surface area contributed by atoms with Gasteiger partial charge in [-0.3, -0.25) is 0 Å². The maximum Gasteiger partial charge on any atom is 0.573 e. The van der Waals surface area contributed by atoms with Crippen molar-refractivity contribution in [3.05, 3.63) is 36.7 Å². The number of benzene rings is 1. The number of hydrogen-bond acceptors (Lipinski definition) is 5. The van der Waals surface area contributed by atoms with E-state index in [0.29, 0.717) is 37.7 Å². The molecule has 1 saturated heterocycles. The minimum Gasteiger partial charge on any atom is -0.406 e. The number of sulfonamides is 1. The largest absolute Gasteiger partial charge is 0.573 e. The van der Waals surface area contributed by atoms with E-state index in [9.17, 15) is 21.6 Å². The summed E-state index contributed by atoms with van der Waals surface area (Å²) in [4.78, 5) is 4.18. The molecule has 1 aliphatic heterocycles. The van der Waals surface area contributed by atoms with Crippen molar-refractivity contribution >= 4 is 10.0 Å². The molecule has 1 aromatic carbocycles. The van der Waals surface area contributed by atoms with Crippen LogP contribution < -0.4 is 4.74 Å². The molecule has 0 bridgehead atoms. The van der Waals surface area contributed by atoms with Crippen molar-refractivity contribution in [2.45, 2.75) is 12.9 Å². The van der Waals surface area contributed by atoms with Crippen molar-refractivity contribution in [1.29, 1.82) is 0 Å². The lowest BCUT2D eigenvalue weighted by atomic mass is 10.2. The molecule has 27 heavy (non-hydrogen) atoms. The van der Waals surface area contributed by atoms with Crippen molar-refractivity contribution in [1.82, 2.24) is 13.9 Å². The number of morpholine rings is 1. The van der Waals surface area contributed by atoms with Gasteiger partial charge in [0, 0.05) is 37.6 Å². The van der Waals surface area contributed by atoms with Gasteiger partial charge in [0.15, 0.2) is 0 Å². The van der Waals surface area contributed by atoms with Gasteiger partial charge in [-0.05, 0) is 24.3 Å². The van der Waals surface area contributed by atoms with Crippen LogP contribution in [0.3, 0.4) is 0 Å². The molecule has 7 nitrogen and oxygen atoms in total. The Morgan fingerprint density at radius 3 is 2.44 bits per heavy atom. The van der Waals surface area contributed by atoms with Gasteiger partial charge in [0.2, 0.25) is 10.0 Å². The molecule has 0 radical (unpaired) electrons. The van der Waals surface area contributed by atoms with Gasteiger partial charge in [-0.2, -0.15) is 4.31 Å². The number of nitrogens with zero attached hydrogens (tertiary/aromatic N) is 3. The molecular weight excluding hydrogens is 387 g/mol. The molecule has 2 aromatic rings. The zero-order valence-corrected chi connectivity index (χ0v) is 15.0. The third-order valence-corrected chi connectivity index (χ3v) is 5.87. The summed E-state index contributed by atoms with van der Waals surface area (Å²) >= 11 is 0. The van der Waals surface area contributed by atoms with Gasteiger partial charge >= 0.3 is 6.36 Å². The van der Waals surface area contributed by atoms with Crippen LogP contribution in [-0.4, -0.2) is 60.7 Å². The fourth-order valence-electron chi connectivity index (χ4n) is 2.72. The van der Waals surface area contributed by atoms with Gasteiger partial charge in [0.25, 0.3) is 0 Å².